The fourth-order valence-corrected chi connectivity index (χ4v) is 1.82. The van der Waals surface area contributed by atoms with Crippen LogP contribution in [0.1, 0.15) is 24.5 Å². The van der Waals surface area contributed by atoms with Crippen LogP contribution in [0.25, 0.3) is 0 Å². The molecule has 0 saturated heterocycles. The average molecular weight is 279 g/mol. The molecule has 0 aliphatic rings. The molecule has 0 aliphatic heterocycles. The number of benzene rings is 2. The highest BCUT2D eigenvalue weighted by atomic mass is 16.1. The molecular formula is C17H17N3O. The third-order valence-electron chi connectivity index (χ3n) is 3.07. The van der Waals surface area contributed by atoms with Crippen LogP contribution in [0.2, 0.25) is 0 Å². The third kappa shape index (κ3) is 4.36. The number of hydrogen-bond donors (Lipinski definition) is 2. The number of hydrogen-bond acceptors (Lipinski definition) is 3. The van der Waals surface area contributed by atoms with Gasteiger partial charge in [0.15, 0.2) is 0 Å². The SMILES string of the molecule is CCC(=O)Nc1ccc(NCc2ccc(C#N)cc2)cc1. The fourth-order valence-electron chi connectivity index (χ4n) is 1.82. The Balaban J connectivity index is 1.91. The molecule has 0 bridgehead atoms. The molecule has 0 radical (unpaired) electrons. The van der Waals surface area contributed by atoms with Crippen molar-refractivity contribution in [2.75, 3.05) is 10.6 Å². The lowest BCUT2D eigenvalue weighted by atomic mass is 10.1. The van der Waals surface area contributed by atoms with Gasteiger partial charge in [-0.05, 0) is 42.0 Å². The summed E-state index contributed by atoms with van der Waals surface area (Å²) in [4.78, 5) is 11.3. The van der Waals surface area contributed by atoms with E-state index in [0.717, 1.165) is 16.9 Å². The molecule has 1 amide bonds. The summed E-state index contributed by atoms with van der Waals surface area (Å²) in [6.07, 6.45) is 0.471. The second kappa shape index (κ2) is 7.11. The second-order valence-electron chi connectivity index (χ2n) is 4.64. The van der Waals surface area contributed by atoms with Gasteiger partial charge in [-0.15, -0.1) is 0 Å². The Hall–Kier alpha value is -2.80. The largest absolute Gasteiger partial charge is 0.381 e. The van der Waals surface area contributed by atoms with E-state index in [0.29, 0.717) is 18.5 Å². The van der Waals surface area contributed by atoms with Crippen molar-refractivity contribution >= 4 is 17.3 Å². The van der Waals surface area contributed by atoms with E-state index in [1.165, 1.54) is 0 Å². The van der Waals surface area contributed by atoms with Crippen LogP contribution in [0, 0.1) is 11.3 Å². The Bertz CT molecular complexity index is 639. The summed E-state index contributed by atoms with van der Waals surface area (Å²) >= 11 is 0. The topological polar surface area (TPSA) is 64.9 Å². The third-order valence-corrected chi connectivity index (χ3v) is 3.07. The van der Waals surface area contributed by atoms with Gasteiger partial charge < -0.3 is 10.6 Å². The van der Waals surface area contributed by atoms with Gasteiger partial charge in [-0.25, -0.2) is 0 Å². The summed E-state index contributed by atoms with van der Waals surface area (Å²) in [7, 11) is 0. The summed E-state index contributed by atoms with van der Waals surface area (Å²) in [6, 6.07) is 17.2. The molecular weight excluding hydrogens is 262 g/mol. The first-order valence-electron chi connectivity index (χ1n) is 6.84. The molecule has 2 N–H and O–H groups in total. The van der Waals surface area contributed by atoms with Crippen LogP contribution in [-0.4, -0.2) is 5.91 Å². The number of amides is 1. The molecule has 0 atom stereocenters. The van der Waals surface area contributed by atoms with Gasteiger partial charge in [0, 0.05) is 24.3 Å². The maximum absolute atomic E-state index is 11.3. The number of carbonyl (C=O) groups is 1. The van der Waals surface area contributed by atoms with Crippen LogP contribution in [-0.2, 0) is 11.3 Å². The number of carbonyl (C=O) groups excluding carboxylic acids is 1. The van der Waals surface area contributed by atoms with Crippen molar-refractivity contribution in [3.05, 3.63) is 59.7 Å². The van der Waals surface area contributed by atoms with E-state index in [1.807, 2.05) is 43.3 Å². The number of anilines is 2. The molecule has 0 saturated carbocycles. The maximum atomic E-state index is 11.3. The van der Waals surface area contributed by atoms with Gasteiger partial charge in [0.05, 0.1) is 11.6 Å². The first kappa shape index (κ1) is 14.6. The van der Waals surface area contributed by atoms with Crippen LogP contribution in [0.4, 0.5) is 11.4 Å². The Kier molecular flexibility index (Phi) is 4.94. The molecule has 21 heavy (non-hydrogen) atoms. The minimum absolute atomic E-state index is 0.00768. The summed E-state index contributed by atoms with van der Waals surface area (Å²) in [5.41, 5.74) is 3.55. The van der Waals surface area contributed by atoms with Crippen molar-refractivity contribution in [3.63, 3.8) is 0 Å². The van der Waals surface area contributed by atoms with E-state index in [2.05, 4.69) is 16.7 Å². The minimum Gasteiger partial charge on any atom is -0.381 e. The van der Waals surface area contributed by atoms with E-state index in [1.54, 1.807) is 12.1 Å². The van der Waals surface area contributed by atoms with Gasteiger partial charge in [-0.3, -0.25) is 4.79 Å². The highest BCUT2D eigenvalue weighted by Crippen LogP contribution is 2.15. The Labute approximate surface area is 124 Å². The van der Waals surface area contributed by atoms with E-state index in [4.69, 9.17) is 5.26 Å². The smallest absolute Gasteiger partial charge is 0.224 e. The average Bonchev–Trinajstić information content (AvgIpc) is 2.54. The molecule has 0 heterocycles. The van der Waals surface area contributed by atoms with Crippen molar-refractivity contribution in [2.45, 2.75) is 19.9 Å². The van der Waals surface area contributed by atoms with Crippen LogP contribution < -0.4 is 10.6 Å². The van der Waals surface area contributed by atoms with Crippen molar-refractivity contribution in [3.8, 4) is 6.07 Å². The number of rotatable bonds is 5. The number of nitrogens with zero attached hydrogens (tertiary/aromatic N) is 1. The molecule has 0 fully saturated rings. The molecule has 0 aromatic heterocycles. The summed E-state index contributed by atoms with van der Waals surface area (Å²) in [6.45, 7) is 2.51. The summed E-state index contributed by atoms with van der Waals surface area (Å²) in [5.74, 6) is 0.00768. The molecule has 0 aliphatic carbocycles. The van der Waals surface area contributed by atoms with Crippen molar-refractivity contribution in [1.82, 2.24) is 0 Å². The summed E-state index contributed by atoms with van der Waals surface area (Å²) in [5, 5.41) is 14.9. The molecule has 4 nitrogen and oxygen atoms in total. The zero-order valence-electron chi connectivity index (χ0n) is 11.9. The molecule has 2 rings (SSSR count). The predicted octanol–water partition coefficient (Wildman–Crippen LogP) is 3.52. The van der Waals surface area contributed by atoms with Crippen LogP contribution in [0.15, 0.2) is 48.5 Å². The first-order chi connectivity index (χ1) is 10.2. The van der Waals surface area contributed by atoms with Crippen LogP contribution >= 0.6 is 0 Å². The Morgan fingerprint density at radius 1 is 1.05 bits per heavy atom. The summed E-state index contributed by atoms with van der Waals surface area (Å²) < 4.78 is 0. The zero-order chi connectivity index (χ0) is 15.1. The van der Waals surface area contributed by atoms with Gasteiger partial charge in [0.25, 0.3) is 0 Å². The zero-order valence-corrected chi connectivity index (χ0v) is 11.9. The van der Waals surface area contributed by atoms with Gasteiger partial charge in [-0.1, -0.05) is 19.1 Å². The normalized spacial score (nSPS) is 9.71. The van der Waals surface area contributed by atoms with Gasteiger partial charge in [0.1, 0.15) is 0 Å². The molecule has 0 unspecified atom stereocenters. The van der Waals surface area contributed by atoms with Crippen molar-refractivity contribution < 1.29 is 4.79 Å². The lowest BCUT2D eigenvalue weighted by Gasteiger charge is -2.08. The lowest BCUT2D eigenvalue weighted by Crippen LogP contribution is -2.09. The monoisotopic (exact) mass is 279 g/mol. The Morgan fingerprint density at radius 3 is 2.24 bits per heavy atom. The standard InChI is InChI=1S/C17H17N3O/c1-2-17(21)20-16-9-7-15(8-10-16)19-12-14-5-3-13(11-18)4-6-14/h3-10,19H,2,12H2,1H3,(H,20,21). The van der Waals surface area contributed by atoms with Gasteiger partial charge >= 0.3 is 0 Å². The molecule has 106 valence electrons. The predicted molar refractivity (Wildman–Crippen MR) is 83.8 cm³/mol. The minimum atomic E-state index is 0.00768. The van der Waals surface area contributed by atoms with Gasteiger partial charge in [0.2, 0.25) is 5.91 Å². The van der Waals surface area contributed by atoms with E-state index < -0.39 is 0 Å². The van der Waals surface area contributed by atoms with E-state index in [-0.39, 0.29) is 5.91 Å². The van der Waals surface area contributed by atoms with Crippen molar-refractivity contribution in [1.29, 1.82) is 5.26 Å². The molecule has 2 aromatic rings. The lowest BCUT2D eigenvalue weighted by molar-refractivity contribution is -0.115. The maximum Gasteiger partial charge on any atom is 0.224 e. The highest BCUT2D eigenvalue weighted by Gasteiger charge is 1.99. The quantitative estimate of drug-likeness (QED) is 0.880. The highest BCUT2D eigenvalue weighted by molar-refractivity contribution is 5.90. The Morgan fingerprint density at radius 2 is 1.67 bits per heavy atom. The molecule has 2 aromatic carbocycles. The molecule has 4 heteroatoms. The van der Waals surface area contributed by atoms with Crippen LogP contribution in [0.5, 0.6) is 0 Å². The van der Waals surface area contributed by atoms with E-state index in [9.17, 15) is 4.79 Å². The van der Waals surface area contributed by atoms with Gasteiger partial charge in [-0.2, -0.15) is 5.26 Å². The van der Waals surface area contributed by atoms with Crippen molar-refractivity contribution in [2.24, 2.45) is 0 Å². The number of nitrogens with one attached hydrogen (secondary N) is 2. The molecule has 0 spiro atoms. The van der Waals surface area contributed by atoms with Crippen LogP contribution in [0.3, 0.4) is 0 Å². The second-order valence-corrected chi connectivity index (χ2v) is 4.64. The first-order valence-corrected chi connectivity index (χ1v) is 6.84. The van der Waals surface area contributed by atoms with E-state index >= 15 is 0 Å². The number of nitriles is 1. The fraction of sp³-hybridized carbons (Fsp3) is 0.176.